The van der Waals surface area contributed by atoms with E-state index >= 15 is 0 Å². The first-order valence-corrected chi connectivity index (χ1v) is 8.78. The zero-order chi connectivity index (χ0) is 17.5. The van der Waals surface area contributed by atoms with E-state index in [1.54, 1.807) is 23.5 Å². The standard InChI is InChI=1S/C18H23N3O2S/c1-12(2)16(17(22)19-11-15-13(3)9-10-24-15)21-18(23)20-14-7-5-4-6-8-14/h4-10,12,16H,11H2,1-3H3,(H,19,22)(H2,20,21,23). The Balaban J connectivity index is 1.91. The molecule has 0 fully saturated rings. The molecule has 3 N–H and O–H groups in total. The molecule has 1 unspecified atom stereocenters. The molecule has 0 saturated carbocycles. The van der Waals surface area contributed by atoms with E-state index in [0.29, 0.717) is 12.2 Å². The van der Waals surface area contributed by atoms with Crippen LogP contribution in [0.15, 0.2) is 41.8 Å². The number of para-hydroxylation sites is 1. The van der Waals surface area contributed by atoms with Crippen LogP contribution in [0.1, 0.15) is 24.3 Å². The molecule has 0 radical (unpaired) electrons. The van der Waals surface area contributed by atoms with Crippen molar-refractivity contribution in [3.8, 4) is 0 Å². The Morgan fingerprint density at radius 3 is 2.42 bits per heavy atom. The number of urea groups is 1. The SMILES string of the molecule is Cc1ccsc1CNC(=O)C(NC(=O)Nc1ccccc1)C(C)C. The summed E-state index contributed by atoms with van der Waals surface area (Å²) in [6.07, 6.45) is 0. The van der Waals surface area contributed by atoms with Gasteiger partial charge >= 0.3 is 6.03 Å². The van der Waals surface area contributed by atoms with E-state index < -0.39 is 6.04 Å². The maximum Gasteiger partial charge on any atom is 0.319 e. The summed E-state index contributed by atoms with van der Waals surface area (Å²) in [4.78, 5) is 25.7. The van der Waals surface area contributed by atoms with Gasteiger partial charge in [0.25, 0.3) is 0 Å². The zero-order valence-electron chi connectivity index (χ0n) is 14.1. The Morgan fingerprint density at radius 2 is 1.83 bits per heavy atom. The number of carbonyl (C=O) groups is 2. The number of hydrogen-bond acceptors (Lipinski definition) is 3. The van der Waals surface area contributed by atoms with E-state index in [1.807, 2.05) is 50.4 Å². The first kappa shape index (κ1) is 18.0. The number of benzene rings is 1. The van der Waals surface area contributed by atoms with E-state index in [2.05, 4.69) is 16.0 Å². The van der Waals surface area contributed by atoms with Crippen LogP contribution in [-0.2, 0) is 11.3 Å². The van der Waals surface area contributed by atoms with Crippen molar-refractivity contribution in [3.05, 3.63) is 52.2 Å². The van der Waals surface area contributed by atoms with Gasteiger partial charge in [0.05, 0.1) is 6.54 Å². The number of thiophene rings is 1. The molecule has 1 heterocycles. The number of amides is 3. The molecule has 5 nitrogen and oxygen atoms in total. The molecule has 0 saturated heterocycles. The molecule has 128 valence electrons. The smallest absolute Gasteiger partial charge is 0.319 e. The third kappa shape index (κ3) is 5.09. The van der Waals surface area contributed by atoms with Crippen LogP contribution in [0.25, 0.3) is 0 Å². The van der Waals surface area contributed by atoms with Gasteiger partial charge in [-0.05, 0) is 42.0 Å². The Labute approximate surface area is 146 Å². The number of nitrogens with one attached hydrogen (secondary N) is 3. The zero-order valence-corrected chi connectivity index (χ0v) is 14.9. The molecule has 1 aromatic heterocycles. The number of carbonyl (C=O) groups excluding carboxylic acids is 2. The fraction of sp³-hybridized carbons (Fsp3) is 0.333. The first-order valence-electron chi connectivity index (χ1n) is 7.90. The third-order valence-electron chi connectivity index (χ3n) is 3.66. The molecule has 0 aliphatic heterocycles. The molecular formula is C18H23N3O2S. The summed E-state index contributed by atoms with van der Waals surface area (Å²) in [6.45, 7) is 6.31. The van der Waals surface area contributed by atoms with Crippen LogP contribution in [0.5, 0.6) is 0 Å². The molecule has 24 heavy (non-hydrogen) atoms. The van der Waals surface area contributed by atoms with Crippen molar-refractivity contribution in [2.75, 3.05) is 5.32 Å². The Hall–Kier alpha value is -2.34. The quantitative estimate of drug-likeness (QED) is 0.750. The molecule has 1 atom stereocenters. The number of aryl methyl sites for hydroxylation is 1. The van der Waals surface area contributed by atoms with E-state index in [4.69, 9.17) is 0 Å². The van der Waals surface area contributed by atoms with Crippen molar-refractivity contribution >= 4 is 29.0 Å². The lowest BCUT2D eigenvalue weighted by molar-refractivity contribution is -0.124. The number of rotatable bonds is 6. The molecule has 2 aromatic rings. The maximum absolute atomic E-state index is 12.4. The van der Waals surface area contributed by atoms with Gasteiger partial charge in [0.15, 0.2) is 0 Å². The summed E-state index contributed by atoms with van der Waals surface area (Å²) in [5.41, 5.74) is 1.85. The molecular weight excluding hydrogens is 322 g/mol. The van der Waals surface area contributed by atoms with Crippen LogP contribution in [0, 0.1) is 12.8 Å². The van der Waals surface area contributed by atoms with E-state index in [-0.39, 0.29) is 17.9 Å². The summed E-state index contributed by atoms with van der Waals surface area (Å²) < 4.78 is 0. The Kier molecular flexibility index (Phi) is 6.37. The summed E-state index contributed by atoms with van der Waals surface area (Å²) in [5, 5.41) is 10.4. The van der Waals surface area contributed by atoms with Gasteiger partial charge in [-0.25, -0.2) is 4.79 Å². The van der Waals surface area contributed by atoms with Crippen molar-refractivity contribution < 1.29 is 9.59 Å². The highest BCUT2D eigenvalue weighted by Gasteiger charge is 2.24. The molecule has 6 heteroatoms. The van der Waals surface area contributed by atoms with E-state index in [1.165, 1.54) is 0 Å². The maximum atomic E-state index is 12.4. The normalized spacial score (nSPS) is 11.8. The lowest BCUT2D eigenvalue weighted by Crippen LogP contribution is -2.50. The van der Waals surface area contributed by atoms with Crippen LogP contribution in [0.2, 0.25) is 0 Å². The topological polar surface area (TPSA) is 70.2 Å². The molecule has 0 spiro atoms. The van der Waals surface area contributed by atoms with Crippen LogP contribution < -0.4 is 16.0 Å². The van der Waals surface area contributed by atoms with Crippen LogP contribution in [0.4, 0.5) is 10.5 Å². The summed E-state index contributed by atoms with van der Waals surface area (Å²) in [6, 6.07) is 10.2. The van der Waals surface area contributed by atoms with Gasteiger partial charge in [-0.1, -0.05) is 32.0 Å². The largest absolute Gasteiger partial charge is 0.349 e. The number of hydrogen-bond donors (Lipinski definition) is 3. The highest BCUT2D eigenvalue weighted by atomic mass is 32.1. The molecule has 2 rings (SSSR count). The van der Waals surface area contributed by atoms with E-state index in [0.717, 1.165) is 10.4 Å². The Morgan fingerprint density at radius 1 is 1.12 bits per heavy atom. The van der Waals surface area contributed by atoms with Gasteiger partial charge in [0.2, 0.25) is 5.91 Å². The fourth-order valence-electron chi connectivity index (χ4n) is 2.23. The number of anilines is 1. The monoisotopic (exact) mass is 345 g/mol. The minimum absolute atomic E-state index is 0.0176. The molecule has 3 amide bonds. The minimum atomic E-state index is -0.589. The highest BCUT2D eigenvalue weighted by molar-refractivity contribution is 7.10. The molecule has 0 aliphatic rings. The van der Waals surface area contributed by atoms with Crippen molar-refractivity contribution in [3.63, 3.8) is 0 Å². The molecule has 0 aliphatic carbocycles. The first-order chi connectivity index (χ1) is 11.5. The lowest BCUT2D eigenvalue weighted by atomic mass is 10.0. The van der Waals surface area contributed by atoms with Gasteiger partial charge < -0.3 is 16.0 Å². The van der Waals surface area contributed by atoms with Gasteiger partial charge in [0, 0.05) is 10.6 Å². The Bertz CT molecular complexity index is 683. The van der Waals surface area contributed by atoms with Gasteiger partial charge in [-0.2, -0.15) is 0 Å². The second kappa shape index (κ2) is 8.49. The van der Waals surface area contributed by atoms with Gasteiger partial charge in [0.1, 0.15) is 6.04 Å². The van der Waals surface area contributed by atoms with Gasteiger partial charge in [-0.3, -0.25) is 4.79 Å². The second-order valence-electron chi connectivity index (χ2n) is 5.93. The van der Waals surface area contributed by atoms with E-state index in [9.17, 15) is 9.59 Å². The lowest BCUT2D eigenvalue weighted by Gasteiger charge is -2.22. The second-order valence-corrected chi connectivity index (χ2v) is 6.93. The predicted molar refractivity (Wildman–Crippen MR) is 98.1 cm³/mol. The third-order valence-corrected chi connectivity index (χ3v) is 4.68. The van der Waals surface area contributed by atoms with Crippen LogP contribution >= 0.6 is 11.3 Å². The highest BCUT2D eigenvalue weighted by Crippen LogP contribution is 2.15. The molecule has 1 aromatic carbocycles. The fourth-order valence-corrected chi connectivity index (χ4v) is 3.07. The van der Waals surface area contributed by atoms with Crippen molar-refractivity contribution in [1.29, 1.82) is 0 Å². The van der Waals surface area contributed by atoms with Crippen LogP contribution in [-0.4, -0.2) is 18.0 Å². The average molecular weight is 345 g/mol. The summed E-state index contributed by atoms with van der Waals surface area (Å²) >= 11 is 1.61. The predicted octanol–water partition coefficient (Wildman–Crippen LogP) is 3.52. The summed E-state index contributed by atoms with van der Waals surface area (Å²) in [5.74, 6) is -0.197. The average Bonchev–Trinajstić information content (AvgIpc) is 2.96. The van der Waals surface area contributed by atoms with Crippen molar-refractivity contribution in [2.45, 2.75) is 33.4 Å². The minimum Gasteiger partial charge on any atom is -0.349 e. The summed E-state index contributed by atoms with van der Waals surface area (Å²) in [7, 11) is 0. The van der Waals surface area contributed by atoms with Crippen LogP contribution in [0.3, 0.4) is 0 Å². The van der Waals surface area contributed by atoms with Crippen molar-refractivity contribution in [1.82, 2.24) is 10.6 Å². The molecule has 0 bridgehead atoms. The van der Waals surface area contributed by atoms with Gasteiger partial charge in [-0.15, -0.1) is 11.3 Å². The van der Waals surface area contributed by atoms with Crippen molar-refractivity contribution in [2.24, 2.45) is 5.92 Å².